The van der Waals surface area contributed by atoms with Crippen LogP contribution in [-0.4, -0.2) is 16.7 Å². The van der Waals surface area contributed by atoms with Gasteiger partial charge in [0.1, 0.15) is 11.6 Å². The van der Waals surface area contributed by atoms with Crippen LogP contribution in [0.4, 0.5) is 0 Å². The topological polar surface area (TPSA) is 27.1 Å². The minimum Gasteiger partial charge on any atom is -0.497 e. The van der Waals surface area contributed by atoms with Gasteiger partial charge < -0.3 is 9.30 Å². The maximum atomic E-state index is 5.23. The number of rotatable bonds is 1. The molecule has 3 heteroatoms. The lowest BCUT2D eigenvalue weighted by atomic mass is 10.1. The zero-order valence-corrected chi connectivity index (χ0v) is 9.73. The summed E-state index contributed by atoms with van der Waals surface area (Å²) in [7, 11) is 1.69. The Morgan fingerprint density at radius 2 is 2.31 bits per heavy atom. The van der Waals surface area contributed by atoms with E-state index in [0.29, 0.717) is 6.04 Å². The van der Waals surface area contributed by atoms with Gasteiger partial charge in [0.25, 0.3) is 0 Å². The maximum absolute atomic E-state index is 5.23. The minimum absolute atomic E-state index is 0.571. The largest absolute Gasteiger partial charge is 0.497 e. The molecule has 3 nitrogen and oxygen atoms in total. The quantitative estimate of drug-likeness (QED) is 0.732. The van der Waals surface area contributed by atoms with E-state index in [1.807, 2.05) is 12.1 Å². The van der Waals surface area contributed by atoms with Gasteiger partial charge in [-0.2, -0.15) is 0 Å². The molecule has 1 aromatic heterocycles. The summed E-state index contributed by atoms with van der Waals surface area (Å²) in [5.74, 6) is 2.11. The lowest BCUT2D eigenvalue weighted by Crippen LogP contribution is -2.14. The summed E-state index contributed by atoms with van der Waals surface area (Å²) in [6, 6.07) is 6.72. The van der Waals surface area contributed by atoms with Crippen molar-refractivity contribution >= 4 is 11.0 Å². The Bertz CT molecular complexity index is 530. The van der Waals surface area contributed by atoms with E-state index >= 15 is 0 Å². The van der Waals surface area contributed by atoms with E-state index in [0.717, 1.165) is 17.7 Å². The Hall–Kier alpha value is -1.51. The zero-order valence-electron chi connectivity index (χ0n) is 9.73. The molecule has 1 atom stereocenters. The predicted molar refractivity (Wildman–Crippen MR) is 63.9 cm³/mol. The molecule has 1 aromatic carbocycles. The lowest BCUT2D eigenvalue weighted by molar-refractivity contribution is 0.415. The summed E-state index contributed by atoms with van der Waals surface area (Å²) in [5, 5.41) is 0. The highest BCUT2D eigenvalue weighted by Crippen LogP contribution is 2.30. The second-order valence-electron chi connectivity index (χ2n) is 4.49. The van der Waals surface area contributed by atoms with E-state index in [1.54, 1.807) is 7.11 Å². The van der Waals surface area contributed by atoms with E-state index in [4.69, 9.17) is 9.72 Å². The summed E-state index contributed by atoms with van der Waals surface area (Å²) in [4.78, 5) is 4.70. The highest BCUT2D eigenvalue weighted by atomic mass is 16.5. The zero-order chi connectivity index (χ0) is 11.1. The molecule has 84 valence electrons. The molecule has 0 amide bonds. The van der Waals surface area contributed by atoms with E-state index in [2.05, 4.69) is 17.6 Å². The first-order chi connectivity index (χ1) is 7.79. The van der Waals surface area contributed by atoms with Gasteiger partial charge in [-0.1, -0.05) is 0 Å². The number of benzene rings is 1. The van der Waals surface area contributed by atoms with Crippen LogP contribution in [0, 0.1) is 0 Å². The fourth-order valence-electron chi connectivity index (χ4n) is 2.61. The van der Waals surface area contributed by atoms with E-state index in [9.17, 15) is 0 Å². The summed E-state index contributed by atoms with van der Waals surface area (Å²) in [6.07, 6.45) is 3.60. The monoisotopic (exact) mass is 216 g/mol. The van der Waals surface area contributed by atoms with Gasteiger partial charge in [0.2, 0.25) is 0 Å². The van der Waals surface area contributed by atoms with Crippen molar-refractivity contribution in [3.63, 3.8) is 0 Å². The van der Waals surface area contributed by atoms with Crippen molar-refractivity contribution in [1.29, 1.82) is 0 Å². The van der Waals surface area contributed by atoms with Crippen LogP contribution in [0.2, 0.25) is 0 Å². The van der Waals surface area contributed by atoms with Crippen molar-refractivity contribution < 1.29 is 4.74 Å². The second-order valence-corrected chi connectivity index (χ2v) is 4.49. The average Bonchev–Trinajstić information content (AvgIpc) is 2.67. The van der Waals surface area contributed by atoms with Crippen LogP contribution in [0.25, 0.3) is 11.0 Å². The summed E-state index contributed by atoms with van der Waals surface area (Å²) >= 11 is 0. The Morgan fingerprint density at radius 3 is 3.12 bits per heavy atom. The normalized spacial score (nSPS) is 19.8. The minimum atomic E-state index is 0.571. The van der Waals surface area contributed by atoms with Gasteiger partial charge >= 0.3 is 0 Å². The Balaban J connectivity index is 2.24. The first kappa shape index (κ1) is 9.70. The molecule has 0 fully saturated rings. The van der Waals surface area contributed by atoms with E-state index in [1.165, 1.54) is 24.2 Å². The fourth-order valence-corrected chi connectivity index (χ4v) is 2.61. The Morgan fingerprint density at radius 1 is 1.44 bits per heavy atom. The number of aryl methyl sites for hydroxylation is 1. The van der Waals surface area contributed by atoms with Crippen molar-refractivity contribution in [3.8, 4) is 5.75 Å². The molecule has 0 bridgehead atoms. The first-order valence-corrected chi connectivity index (χ1v) is 5.84. The van der Waals surface area contributed by atoms with Gasteiger partial charge in [0.05, 0.1) is 18.1 Å². The molecule has 0 spiro atoms. The van der Waals surface area contributed by atoms with Crippen LogP contribution < -0.4 is 4.74 Å². The second kappa shape index (κ2) is 3.51. The molecule has 3 rings (SSSR count). The molecule has 1 unspecified atom stereocenters. The number of ether oxygens (including phenoxy) is 1. The standard InChI is InChI=1S/C13H16N2O/c1-9-4-3-5-13-14-11-8-10(16-2)6-7-12(11)15(9)13/h6-9H,3-5H2,1-2H3. The van der Waals surface area contributed by atoms with Crippen molar-refractivity contribution in [1.82, 2.24) is 9.55 Å². The van der Waals surface area contributed by atoms with E-state index < -0.39 is 0 Å². The molecule has 0 N–H and O–H groups in total. The molecule has 16 heavy (non-hydrogen) atoms. The van der Waals surface area contributed by atoms with Crippen LogP contribution in [0.15, 0.2) is 18.2 Å². The average molecular weight is 216 g/mol. The Labute approximate surface area is 95.0 Å². The fraction of sp³-hybridized carbons (Fsp3) is 0.462. The number of aromatic nitrogens is 2. The molecule has 0 saturated carbocycles. The molecule has 2 aromatic rings. The van der Waals surface area contributed by atoms with Gasteiger partial charge in [-0.25, -0.2) is 4.98 Å². The lowest BCUT2D eigenvalue weighted by Gasteiger charge is -2.22. The summed E-state index contributed by atoms with van der Waals surface area (Å²) in [5.41, 5.74) is 2.30. The van der Waals surface area contributed by atoms with Crippen LogP contribution in [0.5, 0.6) is 5.75 Å². The number of hydrogen-bond acceptors (Lipinski definition) is 2. The third-order valence-corrected chi connectivity index (χ3v) is 3.43. The van der Waals surface area contributed by atoms with Crippen molar-refractivity contribution in [2.45, 2.75) is 32.2 Å². The molecule has 2 heterocycles. The van der Waals surface area contributed by atoms with Gasteiger partial charge in [0, 0.05) is 18.5 Å². The summed E-state index contributed by atoms with van der Waals surface area (Å²) in [6.45, 7) is 2.27. The predicted octanol–water partition coefficient (Wildman–Crippen LogP) is 2.94. The smallest absolute Gasteiger partial charge is 0.121 e. The molecule has 0 radical (unpaired) electrons. The number of nitrogens with zero attached hydrogens (tertiary/aromatic N) is 2. The molecule has 0 saturated heterocycles. The first-order valence-electron chi connectivity index (χ1n) is 5.84. The third-order valence-electron chi connectivity index (χ3n) is 3.43. The summed E-state index contributed by atoms with van der Waals surface area (Å²) < 4.78 is 7.61. The number of imidazole rings is 1. The van der Waals surface area contributed by atoms with Crippen LogP contribution in [0.3, 0.4) is 0 Å². The van der Waals surface area contributed by atoms with Gasteiger partial charge in [-0.05, 0) is 31.9 Å². The third kappa shape index (κ3) is 1.31. The highest BCUT2D eigenvalue weighted by molar-refractivity contribution is 5.78. The maximum Gasteiger partial charge on any atom is 0.121 e. The molecule has 0 aliphatic carbocycles. The van der Waals surface area contributed by atoms with Crippen molar-refractivity contribution in [3.05, 3.63) is 24.0 Å². The SMILES string of the molecule is COc1ccc2c(c1)nc1n2C(C)CCC1. The molecular formula is C13H16N2O. The van der Waals surface area contributed by atoms with Crippen LogP contribution in [-0.2, 0) is 6.42 Å². The Kier molecular flexibility index (Phi) is 2.13. The van der Waals surface area contributed by atoms with Gasteiger partial charge in [0.15, 0.2) is 0 Å². The number of hydrogen-bond donors (Lipinski definition) is 0. The van der Waals surface area contributed by atoms with Crippen LogP contribution >= 0.6 is 0 Å². The van der Waals surface area contributed by atoms with Crippen LogP contribution in [0.1, 0.15) is 31.6 Å². The molecule has 1 aliphatic rings. The molecular weight excluding hydrogens is 200 g/mol. The van der Waals surface area contributed by atoms with Crippen molar-refractivity contribution in [2.75, 3.05) is 7.11 Å². The number of methoxy groups -OCH3 is 1. The number of fused-ring (bicyclic) bond motifs is 3. The van der Waals surface area contributed by atoms with Gasteiger partial charge in [-0.15, -0.1) is 0 Å². The molecule has 1 aliphatic heterocycles. The van der Waals surface area contributed by atoms with Gasteiger partial charge in [-0.3, -0.25) is 0 Å². The van der Waals surface area contributed by atoms with E-state index in [-0.39, 0.29) is 0 Å². The highest BCUT2D eigenvalue weighted by Gasteiger charge is 2.19. The van der Waals surface area contributed by atoms with Crippen molar-refractivity contribution in [2.24, 2.45) is 0 Å².